The van der Waals surface area contributed by atoms with E-state index in [1.165, 1.54) is 23.5 Å². The van der Waals surface area contributed by atoms with Gasteiger partial charge in [0.15, 0.2) is 9.84 Å². The summed E-state index contributed by atoms with van der Waals surface area (Å²) in [6.07, 6.45) is 0. The van der Waals surface area contributed by atoms with E-state index in [-0.39, 0.29) is 16.4 Å². The van der Waals surface area contributed by atoms with Gasteiger partial charge in [-0.25, -0.2) is 26.5 Å². The van der Waals surface area contributed by atoms with Crippen molar-refractivity contribution >= 4 is 47.3 Å². The van der Waals surface area contributed by atoms with Gasteiger partial charge in [-0.3, -0.25) is 4.79 Å². The summed E-state index contributed by atoms with van der Waals surface area (Å²) >= 11 is 1.35. The van der Waals surface area contributed by atoms with Crippen molar-refractivity contribution in [3.05, 3.63) is 23.2 Å². The van der Waals surface area contributed by atoms with Gasteiger partial charge in [0.25, 0.3) is 15.9 Å². The van der Waals surface area contributed by atoms with Crippen molar-refractivity contribution in [3.63, 3.8) is 0 Å². The first kappa shape index (κ1) is 17.3. The number of aromatic nitrogens is 1. The number of nitrogens with zero attached hydrogens (tertiary/aromatic N) is 1. The molecule has 0 bridgehead atoms. The number of thiazole rings is 1. The molecule has 130 valence electrons. The number of fused-ring (bicyclic) bond motifs is 1. The van der Waals surface area contributed by atoms with Crippen LogP contribution >= 0.6 is 11.3 Å². The number of carbonyl (C=O) groups excluding carboxylic acids is 1. The predicted octanol–water partition coefficient (Wildman–Crippen LogP) is -0.218. The first-order valence-corrected chi connectivity index (χ1v) is 11.1. The highest BCUT2D eigenvalue weighted by atomic mass is 32.2. The minimum absolute atomic E-state index is 0.0690. The van der Waals surface area contributed by atoms with Gasteiger partial charge in [0.05, 0.1) is 37.7 Å². The number of hydrogen-bond acceptors (Lipinski definition) is 8. The highest BCUT2D eigenvalue weighted by Gasteiger charge is 2.41. The van der Waals surface area contributed by atoms with Crippen LogP contribution in [-0.2, 0) is 24.7 Å². The van der Waals surface area contributed by atoms with Crippen molar-refractivity contribution in [2.24, 2.45) is 11.7 Å². The molecule has 1 unspecified atom stereocenters. The summed E-state index contributed by atoms with van der Waals surface area (Å²) in [6, 6.07) is 3.18. The van der Waals surface area contributed by atoms with Crippen LogP contribution in [0.15, 0.2) is 23.1 Å². The molecule has 0 spiro atoms. The summed E-state index contributed by atoms with van der Waals surface area (Å²) in [5.74, 6) is -1.87. The topological polar surface area (TPSA) is 136 Å². The SMILES string of the molecule is Cc1nc2ccc(S(=O)(=O)NC(=O)C(N)C3CS(=O)(=O)C3)cc2s1. The minimum Gasteiger partial charge on any atom is -0.320 e. The Bertz CT molecular complexity index is 1010. The number of aryl methyl sites for hydroxylation is 1. The number of sulfonamides is 1. The Morgan fingerprint density at radius 1 is 1.42 bits per heavy atom. The fourth-order valence-electron chi connectivity index (χ4n) is 2.47. The van der Waals surface area contributed by atoms with E-state index < -0.39 is 37.7 Å². The molecule has 1 saturated heterocycles. The molecule has 1 aromatic carbocycles. The molecule has 24 heavy (non-hydrogen) atoms. The summed E-state index contributed by atoms with van der Waals surface area (Å²) in [6.45, 7) is 1.81. The monoisotopic (exact) mass is 389 g/mol. The van der Waals surface area contributed by atoms with Crippen molar-refractivity contribution in [2.45, 2.75) is 17.9 Å². The summed E-state index contributed by atoms with van der Waals surface area (Å²) in [5.41, 5.74) is 6.35. The van der Waals surface area contributed by atoms with Crippen LogP contribution in [0.4, 0.5) is 0 Å². The summed E-state index contributed by atoms with van der Waals surface area (Å²) in [5, 5.41) is 0.803. The quantitative estimate of drug-likeness (QED) is 0.738. The molecule has 1 aromatic heterocycles. The van der Waals surface area contributed by atoms with Crippen LogP contribution in [0.5, 0.6) is 0 Å². The van der Waals surface area contributed by atoms with E-state index in [4.69, 9.17) is 5.73 Å². The van der Waals surface area contributed by atoms with Crippen LogP contribution in [-0.4, -0.2) is 45.3 Å². The Morgan fingerprint density at radius 2 is 2.08 bits per heavy atom. The van der Waals surface area contributed by atoms with Crippen LogP contribution in [0.25, 0.3) is 10.2 Å². The van der Waals surface area contributed by atoms with E-state index in [1.54, 1.807) is 6.07 Å². The van der Waals surface area contributed by atoms with Gasteiger partial charge in [-0.15, -0.1) is 11.3 Å². The van der Waals surface area contributed by atoms with Gasteiger partial charge >= 0.3 is 0 Å². The van der Waals surface area contributed by atoms with E-state index >= 15 is 0 Å². The number of benzene rings is 1. The molecule has 2 aromatic rings. The number of amides is 1. The Morgan fingerprint density at radius 3 is 2.71 bits per heavy atom. The largest absolute Gasteiger partial charge is 0.320 e. The summed E-state index contributed by atoms with van der Waals surface area (Å²) < 4.78 is 49.6. The fourth-order valence-corrected chi connectivity index (χ4v) is 6.07. The molecule has 3 N–H and O–H groups in total. The molecular formula is C13H15N3O5S3. The molecule has 1 aliphatic heterocycles. The van der Waals surface area contributed by atoms with E-state index in [9.17, 15) is 21.6 Å². The Balaban J connectivity index is 1.78. The van der Waals surface area contributed by atoms with E-state index in [2.05, 4.69) is 4.98 Å². The van der Waals surface area contributed by atoms with E-state index in [0.29, 0.717) is 10.2 Å². The number of nitrogens with two attached hydrogens (primary N) is 1. The number of rotatable bonds is 4. The van der Waals surface area contributed by atoms with Crippen molar-refractivity contribution in [3.8, 4) is 0 Å². The highest BCUT2D eigenvalue weighted by molar-refractivity contribution is 7.92. The summed E-state index contributed by atoms with van der Waals surface area (Å²) in [7, 11) is -7.23. The summed E-state index contributed by atoms with van der Waals surface area (Å²) in [4.78, 5) is 16.2. The zero-order valence-corrected chi connectivity index (χ0v) is 15.0. The third kappa shape index (κ3) is 3.29. The molecule has 1 amide bonds. The molecular weight excluding hydrogens is 374 g/mol. The van der Waals surface area contributed by atoms with Crippen molar-refractivity contribution in [1.29, 1.82) is 0 Å². The highest BCUT2D eigenvalue weighted by Crippen LogP contribution is 2.25. The first-order chi connectivity index (χ1) is 11.1. The lowest BCUT2D eigenvalue weighted by Gasteiger charge is -2.29. The molecule has 8 nitrogen and oxygen atoms in total. The van der Waals surface area contributed by atoms with Crippen LogP contribution in [0, 0.1) is 12.8 Å². The molecule has 1 atom stereocenters. The molecule has 1 aliphatic rings. The second kappa shape index (κ2) is 5.76. The molecule has 0 saturated carbocycles. The Kier molecular flexibility index (Phi) is 4.14. The van der Waals surface area contributed by atoms with Crippen LogP contribution in [0.2, 0.25) is 0 Å². The lowest BCUT2D eigenvalue weighted by atomic mass is 10.0. The van der Waals surface area contributed by atoms with Crippen molar-refractivity contribution in [2.75, 3.05) is 11.5 Å². The zero-order valence-electron chi connectivity index (χ0n) is 12.6. The van der Waals surface area contributed by atoms with Crippen LogP contribution < -0.4 is 10.5 Å². The first-order valence-electron chi connectivity index (χ1n) is 6.97. The average molecular weight is 389 g/mol. The Hall–Kier alpha value is -1.56. The minimum atomic E-state index is -4.08. The van der Waals surface area contributed by atoms with Crippen molar-refractivity contribution < 1.29 is 21.6 Å². The van der Waals surface area contributed by atoms with E-state index in [1.807, 2.05) is 11.6 Å². The standard InChI is InChI=1S/C13H15N3O5S3/c1-7-15-10-3-2-9(4-11(10)22-7)24(20,21)16-13(17)12(14)8-5-23(18,19)6-8/h2-4,8,12H,5-6,14H2,1H3,(H,16,17). The van der Waals surface area contributed by atoms with Gasteiger partial charge in [0.2, 0.25) is 0 Å². The molecule has 0 aliphatic carbocycles. The molecule has 0 radical (unpaired) electrons. The maximum Gasteiger partial charge on any atom is 0.264 e. The Labute approximate surface area is 143 Å². The van der Waals surface area contributed by atoms with Crippen LogP contribution in [0.1, 0.15) is 5.01 Å². The second-order valence-electron chi connectivity index (χ2n) is 5.69. The van der Waals surface area contributed by atoms with Gasteiger partial charge in [-0.1, -0.05) is 0 Å². The van der Waals surface area contributed by atoms with Gasteiger partial charge in [0, 0.05) is 5.92 Å². The predicted molar refractivity (Wildman–Crippen MR) is 89.8 cm³/mol. The molecule has 1 fully saturated rings. The number of hydrogen-bond donors (Lipinski definition) is 2. The van der Waals surface area contributed by atoms with Gasteiger partial charge in [-0.2, -0.15) is 0 Å². The second-order valence-corrected chi connectivity index (χ2v) is 10.8. The number of sulfone groups is 1. The van der Waals surface area contributed by atoms with Gasteiger partial charge in [0.1, 0.15) is 0 Å². The smallest absolute Gasteiger partial charge is 0.264 e. The van der Waals surface area contributed by atoms with E-state index in [0.717, 1.165) is 5.01 Å². The molecule has 3 rings (SSSR count). The number of nitrogens with one attached hydrogen (secondary N) is 1. The van der Waals surface area contributed by atoms with Crippen LogP contribution in [0.3, 0.4) is 0 Å². The molecule has 11 heteroatoms. The van der Waals surface area contributed by atoms with Gasteiger partial charge < -0.3 is 5.73 Å². The zero-order chi connectivity index (χ0) is 17.7. The normalized spacial score (nSPS) is 18.9. The van der Waals surface area contributed by atoms with Gasteiger partial charge in [-0.05, 0) is 25.1 Å². The third-order valence-corrected chi connectivity index (χ3v) is 7.91. The maximum atomic E-state index is 12.3. The fraction of sp³-hybridized carbons (Fsp3) is 0.385. The molecule has 2 heterocycles. The number of carbonyl (C=O) groups is 1. The third-order valence-electron chi connectivity index (χ3n) is 3.76. The lowest BCUT2D eigenvalue weighted by Crippen LogP contribution is -2.55. The lowest BCUT2D eigenvalue weighted by molar-refractivity contribution is -0.121. The average Bonchev–Trinajstić information content (AvgIpc) is 2.82. The maximum absolute atomic E-state index is 12.3. The van der Waals surface area contributed by atoms with Crippen molar-refractivity contribution in [1.82, 2.24) is 9.71 Å².